The summed E-state index contributed by atoms with van der Waals surface area (Å²) in [5.41, 5.74) is 2.82. The van der Waals surface area contributed by atoms with E-state index in [-0.39, 0.29) is 12.0 Å². The molecule has 0 aliphatic rings. The van der Waals surface area contributed by atoms with Gasteiger partial charge in [-0.2, -0.15) is 0 Å². The van der Waals surface area contributed by atoms with E-state index in [4.69, 9.17) is 27.9 Å². The Bertz CT molecular complexity index is 970. The maximum Gasteiger partial charge on any atom is 0.243 e. The Hall–Kier alpha value is -2.60. The molecule has 0 spiro atoms. The van der Waals surface area contributed by atoms with Crippen LogP contribution in [0.2, 0.25) is 10.0 Å². The van der Waals surface area contributed by atoms with Crippen molar-refractivity contribution in [2.24, 2.45) is 0 Å². The predicted molar refractivity (Wildman–Crippen MR) is 116 cm³/mol. The molecule has 150 valence electrons. The first-order chi connectivity index (χ1) is 14.0. The number of nitrogens with zero attached hydrogens (tertiary/aromatic N) is 2. The van der Waals surface area contributed by atoms with E-state index in [1.54, 1.807) is 37.8 Å². The van der Waals surface area contributed by atoms with Crippen LogP contribution >= 0.6 is 23.2 Å². The highest BCUT2D eigenvalue weighted by atomic mass is 35.5. The Morgan fingerprint density at radius 1 is 1.24 bits per heavy atom. The summed E-state index contributed by atoms with van der Waals surface area (Å²) >= 11 is 12.4. The van der Waals surface area contributed by atoms with Crippen molar-refractivity contribution < 1.29 is 9.53 Å². The third-order valence-corrected chi connectivity index (χ3v) is 4.91. The Balaban J connectivity index is 1.71. The smallest absolute Gasteiger partial charge is 0.243 e. The first-order valence-electron chi connectivity index (χ1n) is 9.06. The zero-order valence-electron chi connectivity index (χ0n) is 15.9. The van der Waals surface area contributed by atoms with Gasteiger partial charge in [0.15, 0.2) is 0 Å². The molecule has 1 amide bonds. The largest absolute Gasteiger partial charge is 0.367 e. The van der Waals surface area contributed by atoms with Crippen molar-refractivity contribution in [1.29, 1.82) is 0 Å². The van der Waals surface area contributed by atoms with Gasteiger partial charge >= 0.3 is 0 Å². The van der Waals surface area contributed by atoms with Crippen LogP contribution < -0.4 is 5.32 Å². The lowest BCUT2D eigenvalue weighted by Crippen LogP contribution is -2.13. The number of carbonyl (C=O) groups is 1. The van der Waals surface area contributed by atoms with Gasteiger partial charge in [-0.1, -0.05) is 53.5 Å². The molecule has 0 saturated carbocycles. The number of carbonyl (C=O) groups excluding carboxylic acids is 1. The summed E-state index contributed by atoms with van der Waals surface area (Å²) in [6.07, 6.45) is 8.35. The van der Waals surface area contributed by atoms with Crippen LogP contribution in [0.15, 0.2) is 67.3 Å². The van der Waals surface area contributed by atoms with Crippen LogP contribution in [-0.4, -0.2) is 22.5 Å². The maximum absolute atomic E-state index is 11.3. The molecule has 0 saturated heterocycles. The summed E-state index contributed by atoms with van der Waals surface area (Å²) in [6.45, 7) is 0.992. The van der Waals surface area contributed by atoms with Crippen LogP contribution in [0.25, 0.3) is 6.08 Å². The quantitative estimate of drug-likeness (QED) is 0.517. The topological polar surface area (TPSA) is 56.1 Å². The van der Waals surface area contributed by atoms with Gasteiger partial charge in [-0.05, 0) is 29.3 Å². The maximum atomic E-state index is 11.3. The zero-order valence-corrected chi connectivity index (χ0v) is 17.4. The number of benzene rings is 2. The van der Waals surface area contributed by atoms with E-state index in [0.717, 1.165) is 16.7 Å². The molecule has 2 aromatic carbocycles. The number of imidazole rings is 1. The third kappa shape index (κ3) is 6.19. The summed E-state index contributed by atoms with van der Waals surface area (Å²) < 4.78 is 8.15. The summed E-state index contributed by atoms with van der Waals surface area (Å²) in [5, 5.41) is 3.70. The molecule has 1 aromatic heterocycles. The van der Waals surface area contributed by atoms with Crippen LogP contribution in [0.1, 0.15) is 22.8 Å². The molecule has 5 nitrogen and oxygen atoms in total. The number of hydrogen-bond donors (Lipinski definition) is 1. The highest BCUT2D eigenvalue weighted by Gasteiger charge is 2.17. The SMILES string of the molecule is CNC(=O)/C=C/c1ccc(COC(Cn2ccnc2)c2ccc(Cl)cc2Cl)cc1. The summed E-state index contributed by atoms with van der Waals surface area (Å²) in [7, 11) is 1.60. The first kappa shape index (κ1) is 21.1. The predicted octanol–water partition coefficient (Wildman–Crippen LogP) is 4.91. The second-order valence-corrected chi connectivity index (χ2v) is 7.26. The van der Waals surface area contributed by atoms with Gasteiger partial charge < -0.3 is 14.6 Å². The van der Waals surface area contributed by atoms with Crippen molar-refractivity contribution in [1.82, 2.24) is 14.9 Å². The van der Waals surface area contributed by atoms with Crippen LogP contribution in [0.5, 0.6) is 0 Å². The van der Waals surface area contributed by atoms with Gasteiger partial charge in [0.05, 0.1) is 19.5 Å². The molecule has 0 aliphatic carbocycles. The van der Waals surface area contributed by atoms with Crippen LogP contribution in [0, 0.1) is 0 Å². The summed E-state index contributed by atoms with van der Waals surface area (Å²) in [4.78, 5) is 15.4. The van der Waals surface area contributed by atoms with Crippen molar-refractivity contribution >= 4 is 35.2 Å². The standard InChI is InChI=1S/C22H21Cl2N3O2/c1-25-22(28)9-6-16-2-4-17(5-3-16)14-29-21(13-27-11-10-26-15-27)19-8-7-18(23)12-20(19)24/h2-12,15,21H,13-14H2,1H3,(H,25,28)/b9-6+. The Morgan fingerprint density at radius 2 is 2.03 bits per heavy atom. The molecule has 3 rings (SSSR count). The minimum Gasteiger partial charge on any atom is -0.367 e. The van der Waals surface area contributed by atoms with Crippen LogP contribution in [0.4, 0.5) is 0 Å². The molecule has 0 radical (unpaired) electrons. The number of halogens is 2. The minimum atomic E-state index is -0.262. The molecule has 1 heterocycles. The highest BCUT2D eigenvalue weighted by Crippen LogP contribution is 2.30. The molecule has 7 heteroatoms. The summed E-state index contributed by atoms with van der Waals surface area (Å²) in [6, 6.07) is 13.2. The van der Waals surface area contributed by atoms with Crippen molar-refractivity contribution in [2.45, 2.75) is 19.3 Å². The van der Waals surface area contributed by atoms with Crippen molar-refractivity contribution in [3.63, 3.8) is 0 Å². The number of ether oxygens (including phenoxy) is 1. The third-order valence-electron chi connectivity index (χ3n) is 4.35. The Labute approximate surface area is 179 Å². The highest BCUT2D eigenvalue weighted by molar-refractivity contribution is 6.35. The van der Waals surface area contributed by atoms with Gasteiger partial charge in [-0.15, -0.1) is 0 Å². The average Bonchev–Trinajstić information content (AvgIpc) is 3.23. The van der Waals surface area contributed by atoms with Crippen molar-refractivity contribution in [3.8, 4) is 0 Å². The molecule has 29 heavy (non-hydrogen) atoms. The van der Waals surface area contributed by atoms with Gasteiger partial charge in [0.25, 0.3) is 0 Å². The van der Waals surface area contributed by atoms with E-state index in [0.29, 0.717) is 23.2 Å². The van der Waals surface area contributed by atoms with Gasteiger partial charge in [-0.25, -0.2) is 4.98 Å². The number of rotatable bonds is 8. The van der Waals surface area contributed by atoms with Gasteiger partial charge in [-0.3, -0.25) is 4.79 Å². The summed E-state index contributed by atoms with van der Waals surface area (Å²) in [5.74, 6) is -0.139. The fourth-order valence-electron chi connectivity index (χ4n) is 2.77. The van der Waals surface area contributed by atoms with Gasteiger partial charge in [0.2, 0.25) is 5.91 Å². The van der Waals surface area contributed by atoms with E-state index >= 15 is 0 Å². The zero-order chi connectivity index (χ0) is 20.6. The average molecular weight is 430 g/mol. The van der Waals surface area contributed by atoms with Crippen molar-refractivity contribution in [2.75, 3.05) is 7.05 Å². The fraction of sp³-hybridized carbons (Fsp3) is 0.182. The van der Waals surface area contributed by atoms with Crippen LogP contribution in [-0.2, 0) is 22.7 Å². The number of aromatic nitrogens is 2. The van der Waals surface area contributed by atoms with E-state index in [1.807, 2.05) is 41.1 Å². The van der Waals surface area contributed by atoms with E-state index in [1.165, 1.54) is 6.08 Å². The number of likely N-dealkylation sites (N-methyl/N-ethyl adjacent to an activating group) is 1. The number of hydrogen-bond acceptors (Lipinski definition) is 3. The molecular weight excluding hydrogens is 409 g/mol. The Kier molecular flexibility index (Phi) is 7.47. The van der Waals surface area contributed by atoms with Gasteiger partial charge in [0.1, 0.15) is 6.10 Å². The Morgan fingerprint density at radius 3 is 2.69 bits per heavy atom. The second kappa shape index (κ2) is 10.3. The van der Waals surface area contributed by atoms with E-state index in [9.17, 15) is 4.79 Å². The fourth-order valence-corrected chi connectivity index (χ4v) is 3.30. The van der Waals surface area contributed by atoms with E-state index in [2.05, 4.69) is 10.3 Å². The molecule has 1 atom stereocenters. The van der Waals surface area contributed by atoms with Crippen LogP contribution in [0.3, 0.4) is 0 Å². The monoisotopic (exact) mass is 429 g/mol. The molecular formula is C22H21Cl2N3O2. The van der Waals surface area contributed by atoms with Crippen molar-refractivity contribution in [3.05, 3.63) is 94.0 Å². The lowest BCUT2D eigenvalue weighted by atomic mass is 10.1. The van der Waals surface area contributed by atoms with E-state index < -0.39 is 0 Å². The lowest BCUT2D eigenvalue weighted by molar-refractivity contribution is -0.115. The molecule has 0 bridgehead atoms. The van der Waals surface area contributed by atoms with Gasteiger partial charge in [0, 0.05) is 41.1 Å². The molecule has 0 fully saturated rings. The number of nitrogens with one attached hydrogen (secondary N) is 1. The molecule has 1 unspecified atom stereocenters. The second-order valence-electron chi connectivity index (χ2n) is 6.41. The molecule has 0 aliphatic heterocycles. The molecule has 3 aromatic rings. The number of amides is 1. The minimum absolute atomic E-state index is 0.139. The normalized spacial score (nSPS) is 12.2. The first-order valence-corrected chi connectivity index (χ1v) is 9.82. The lowest BCUT2D eigenvalue weighted by Gasteiger charge is -2.20. The molecule has 1 N–H and O–H groups in total.